The lowest BCUT2D eigenvalue weighted by molar-refractivity contribution is 0.193. The van der Waals surface area contributed by atoms with E-state index in [9.17, 15) is 0 Å². The third-order valence-electron chi connectivity index (χ3n) is 3.88. The van der Waals surface area contributed by atoms with Gasteiger partial charge in [-0.1, -0.05) is 10.3 Å². The quantitative estimate of drug-likeness (QED) is 0.176. The molecule has 27 heavy (non-hydrogen) atoms. The minimum absolute atomic E-state index is 0.0197. The maximum atomic E-state index is 8.65. The average molecular weight is 372 g/mol. The largest absolute Gasteiger partial charge is 0.494 e. The summed E-state index contributed by atoms with van der Waals surface area (Å²) in [7, 11) is 0. The monoisotopic (exact) mass is 372 g/mol. The predicted octanol–water partition coefficient (Wildman–Crippen LogP) is 2.50. The molecule has 2 aromatic carbocycles. The van der Waals surface area contributed by atoms with Crippen molar-refractivity contribution < 1.29 is 19.9 Å². The molecule has 0 saturated carbocycles. The van der Waals surface area contributed by atoms with E-state index >= 15 is 0 Å². The Kier molecular flexibility index (Phi) is 7.30. The van der Waals surface area contributed by atoms with Gasteiger partial charge in [-0.2, -0.15) is 0 Å². The first kappa shape index (κ1) is 19.9. The molecule has 8 heteroatoms. The zero-order chi connectivity index (χ0) is 19.6. The predicted molar refractivity (Wildman–Crippen MR) is 103 cm³/mol. The number of oxime groups is 2. The molecule has 0 aliphatic carbocycles. The number of nitrogens with zero attached hydrogens (tertiary/aromatic N) is 2. The van der Waals surface area contributed by atoms with Gasteiger partial charge in [-0.15, -0.1) is 0 Å². The summed E-state index contributed by atoms with van der Waals surface area (Å²) in [6, 6.07) is 14.0. The smallest absolute Gasteiger partial charge is 0.170 e. The van der Waals surface area contributed by atoms with Gasteiger partial charge in [0.2, 0.25) is 0 Å². The molecule has 0 radical (unpaired) electrons. The third-order valence-corrected chi connectivity index (χ3v) is 3.88. The Bertz CT molecular complexity index is 773. The highest BCUT2D eigenvalue weighted by Crippen LogP contribution is 2.16. The molecule has 0 aliphatic rings. The van der Waals surface area contributed by atoms with Crippen molar-refractivity contribution in [1.29, 1.82) is 0 Å². The van der Waals surface area contributed by atoms with Crippen LogP contribution in [0.4, 0.5) is 0 Å². The molecular weight excluding hydrogens is 348 g/mol. The van der Waals surface area contributed by atoms with Gasteiger partial charge in [0.05, 0.1) is 12.7 Å². The van der Waals surface area contributed by atoms with E-state index in [2.05, 4.69) is 10.3 Å². The summed E-state index contributed by atoms with van der Waals surface area (Å²) in [4.78, 5) is 0. The second kappa shape index (κ2) is 9.91. The molecule has 2 aromatic rings. The van der Waals surface area contributed by atoms with Crippen LogP contribution in [0.2, 0.25) is 0 Å². The van der Waals surface area contributed by atoms with Gasteiger partial charge in [0.1, 0.15) is 11.5 Å². The summed E-state index contributed by atoms with van der Waals surface area (Å²) >= 11 is 0. The molecular formula is C19H24N4O4. The Morgan fingerprint density at radius 1 is 0.889 bits per heavy atom. The van der Waals surface area contributed by atoms with Crippen molar-refractivity contribution in [2.75, 3.05) is 6.61 Å². The number of benzene rings is 2. The number of nitrogens with two attached hydrogens (primary N) is 2. The summed E-state index contributed by atoms with van der Waals surface area (Å²) in [6.07, 6.45) is 1.67. The molecule has 8 nitrogen and oxygen atoms in total. The van der Waals surface area contributed by atoms with E-state index in [-0.39, 0.29) is 17.8 Å². The Labute approximate surface area is 157 Å². The minimum atomic E-state index is 0.0197. The zero-order valence-electron chi connectivity index (χ0n) is 15.1. The Balaban J connectivity index is 1.72. The van der Waals surface area contributed by atoms with Gasteiger partial charge < -0.3 is 31.4 Å². The lowest BCUT2D eigenvalue weighted by atomic mass is 10.2. The van der Waals surface area contributed by atoms with Crippen LogP contribution in [0.1, 0.15) is 30.9 Å². The standard InChI is InChI=1S/C19H24N4O4/c1-13(27-17-10-6-15(7-11-17)19(21)23-25)3-2-12-26-16-8-4-14(5-9-16)18(20)22-24/h4-11,13,24-25H,2-3,12H2,1H3,(H2,20,22)(H2,21,23). The fraction of sp³-hybridized carbons (Fsp3) is 0.263. The molecule has 2 rings (SSSR count). The molecule has 0 spiro atoms. The maximum absolute atomic E-state index is 8.65. The Morgan fingerprint density at radius 2 is 1.37 bits per heavy atom. The van der Waals surface area contributed by atoms with Crippen LogP contribution in [0.15, 0.2) is 58.8 Å². The third kappa shape index (κ3) is 6.10. The number of hydrogen-bond acceptors (Lipinski definition) is 6. The lowest BCUT2D eigenvalue weighted by Crippen LogP contribution is -2.15. The van der Waals surface area contributed by atoms with Gasteiger partial charge in [-0.05, 0) is 68.3 Å². The molecule has 144 valence electrons. The molecule has 0 fully saturated rings. The fourth-order valence-electron chi connectivity index (χ4n) is 2.39. The molecule has 1 unspecified atom stereocenters. The lowest BCUT2D eigenvalue weighted by Gasteiger charge is -2.15. The van der Waals surface area contributed by atoms with Crippen molar-refractivity contribution in [3.63, 3.8) is 0 Å². The van der Waals surface area contributed by atoms with Gasteiger partial charge in [0.25, 0.3) is 0 Å². The van der Waals surface area contributed by atoms with Crippen molar-refractivity contribution in [3.05, 3.63) is 59.7 Å². The molecule has 0 bridgehead atoms. The van der Waals surface area contributed by atoms with Gasteiger partial charge in [-0.3, -0.25) is 0 Å². The van der Waals surface area contributed by atoms with Crippen LogP contribution in [0, 0.1) is 0 Å². The van der Waals surface area contributed by atoms with E-state index in [1.165, 1.54) is 0 Å². The summed E-state index contributed by atoms with van der Waals surface area (Å²) in [5, 5.41) is 23.2. The van der Waals surface area contributed by atoms with Gasteiger partial charge in [0, 0.05) is 11.1 Å². The second-order valence-corrected chi connectivity index (χ2v) is 5.94. The second-order valence-electron chi connectivity index (χ2n) is 5.94. The van der Waals surface area contributed by atoms with Crippen LogP contribution in [0.3, 0.4) is 0 Å². The number of rotatable bonds is 9. The molecule has 0 aliphatic heterocycles. The Morgan fingerprint density at radius 3 is 1.85 bits per heavy atom. The van der Waals surface area contributed by atoms with Crippen molar-refractivity contribution in [2.24, 2.45) is 21.8 Å². The summed E-state index contributed by atoms with van der Waals surface area (Å²) in [6.45, 7) is 2.54. The summed E-state index contributed by atoms with van der Waals surface area (Å²) in [5.74, 6) is 1.56. The Hall–Kier alpha value is -3.42. The first-order valence-corrected chi connectivity index (χ1v) is 8.49. The first-order valence-electron chi connectivity index (χ1n) is 8.49. The highest BCUT2D eigenvalue weighted by molar-refractivity contribution is 5.97. The maximum Gasteiger partial charge on any atom is 0.170 e. The molecule has 0 amide bonds. The van der Waals surface area contributed by atoms with Crippen molar-refractivity contribution >= 4 is 11.7 Å². The van der Waals surface area contributed by atoms with Gasteiger partial charge in [-0.25, -0.2) is 0 Å². The van der Waals surface area contributed by atoms with Crippen LogP contribution in [-0.2, 0) is 0 Å². The van der Waals surface area contributed by atoms with Gasteiger partial charge >= 0.3 is 0 Å². The van der Waals surface area contributed by atoms with Gasteiger partial charge in [0.15, 0.2) is 11.7 Å². The van der Waals surface area contributed by atoms with E-state index in [0.29, 0.717) is 17.7 Å². The molecule has 6 N–H and O–H groups in total. The van der Waals surface area contributed by atoms with Crippen LogP contribution in [0.25, 0.3) is 0 Å². The number of hydrogen-bond donors (Lipinski definition) is 4. The van der Waals surface area contributed by atoms with Crippen molar-refractivity contribution in [1.82, 2.24) is 0 Å². The number of ether oxygens (including phenoxy) is 2. The summed E-state index contributed by atoms with van der Waals surface area (Å²) < 4.78 is 11.5. The van der Waals surface area contributed by atoms with E-state index in [4.69, 9.17) is 31.4 Å². The van der Waals surface area contributed by atoms with Crippen LogP contribution < -0.4 is 20.9 Å². The van der Waals surface area contributed by atoms with Crippen molar-refractivity contribution in [2.45, 2.75) is 25.9 Å². The van der Waals surface area contributed by atoms with E-state index in [1.807, 2.05) is 6.92 Å². The molecule has 1 atom stereocenters. The van der Waals surface area contributed by atoms with E-state index in [1.54, 1.807) is 48.5 Å². The van der Waals surface area contributed by atoms with Crippen LogP contribution in [-0.4, -0.2) is 34.8 Å². The SMILES string of the molecule is CC(CCCOc1ccc(/C(N)=N\O)cc1)Oc1ccc(/C(N)=N\O)cc1. The molecule has 0 saturated heterocycles. The van der Waals surface area contributed by atoms with E-state index < -0.39 is 0 Å². The normalized spacial score (nSPS) is 13.2. The first-order chi connectivity index (χ1) is 13.0. The van der Waals surface area contributed by atoms with Crippen LogP contribution in [0.5, 0.6) is 11.5 Å². The highest BCUT2D eigenvalue weighted by atomic mass is 16.5. The average Bonchev–Trinajstić information content (AvgIpc) is 2.71. The van der Waals surface area contributed by atoms with Crippen molar-refractivity contribution in [3.8, 4) is 11.5 Å². The molecule has 0 heterocycles. The highest BCUT2D eigenvalue weighted by Gasteiger charge is 2.06. The van der Waals surface area contributed by atoms with Crippen LogP contribution >= 0.6 is 0 Å². The fourth-order valence-corrected chi connectivity index (χ4v) is 2.39. The number of amidine groups is 2. The molecule has 0 aromatic heterocycles. The van der Waals surface area contributed by atoms with E-state index in [0.717, 1.165) is 24.3 Å². The summed E-state index contributed by atoms with van der Waals surface area (Å²) in [5.41, 5.74) is 12.3. The minimum Gasteiger partial charge on any atom is -0.494 e. The zero-order valence-corrected chi connectivity index (χ0v) is 15.1. The topological polar surface area (TPSA) is 136 Å².